The number of carbonyl (C=O) groups excluding carboxylic acids is 2. The summed E-state index contributed by atoms with van der Waals surface area (Å²) in [5, 5.41) is 17.3. The summed E-state index contributed by atoms with van der Waals surface area (Å²) in [7, 11) is 0. The van der Waals surface area contributed by atoms with Gasteiger partial charge in [0.2, 0.25) is 5.82 Å². The van der Waals surface area contributed by atoms with E-state index >= 15 is 0 Å². The molecule has 3 aromatic rings. The average Bonchev–Trinajstić information content (AvgIpc) is 3.22. The molecule has 30 heavy (non-hydrogen) atoms. The largest absolute Gasteiger partial charge is 0.456 e. The lowest BCUT2D eigenvalue weighted by Gasteiger charge is -2.06. The molecule has 10 heteroatoms. The molecule has 0 saturated carbocycles. The molecule has 1 aromatic heterocycles. The number of rotatable bonds is 8. The van der Waals surface area contributed by atoms with Crippen molar-refractivity contribution in [1.29, 1.82) is 0 Å². The fourth-order valence-electron chi connectivity index (χ4n) is 2.60. The predicted molar refractivity (Wildman–Crippen MR) is 105 cm³/mol. The van der Waals surface area contributed by atoms with Gasteiger partial charge in [-0.3, -0.25) is 19.7 Å². The molecule has 0 fully saturated rings. The summed E-state index contributed by atoms with van der Waals surface area (Å²) >= 11 is 0. The topological polar surface area (TPSA) is 116 Å². The number of nitrogens with one attached hydrogen (secondary N) is 1. The Morgan fingerprint density at radius 3 is 2.70 bits per heavy atom. The first-order valence-electron chi connectivity index (χ1n) is 8.91. The van der Waals surface area contributed by atoms with Crippen LogP contribution in [0.1, 0.15) is 12.0 Å². The van der Waals surface area contributed by atoms with Crippen LogP contribution in [-0.4, -0.2) is 33.2 Å². The van der Waals surface area contributed by atoms with E-state index in [1.165, 1.54) is 6.07 Å². The number of hydrogen-bond donors (Lipinski definition) is 1. The van der Waals surface area contributed by atoms with E-state index < -0.39 is 34.9 Å². The van der Waals surface area contributed by atoms with Crippen LogP contribution in [0.25, 0.3) is 5.69 Å². The van der Waals surface area contributed by atoms with Crippen molar-refractivity contribution in [3.05, 3.63) is 82.4 Å². The van der Waals surface area contributed by atoms with Crippen molar-refractivity contribution in [3.8, 4) is 5.69 Å². The number of halogens is 1. The normalized spacial score (nSPS) is 10.4. The Morgan fingerprint density at radius 2 is 1.97 bits per heavy atom. The van der Waals surface area contributed by atoms with Gasteiger partial charge >= 0.3 is 11.7 Å². The number of esters is 1. The molecule has 1 N–H and O–H groups in total. The number of ether oxygens (including phenoxy) is 1. The highest BCUT2D eigenvalue weighted by Crippen LogP contribution is 2.21. The summed E-state index contributed by atoms with van der Waals surface area (Å²) in [6.45, 7) is -0.562. The van der Waals surface area contributed by atoms with Crippen molar-refractivity contribution in [3.63, 3.8) is 0 Å². The average molecular weight is 412 g/mol. The molecule has 0 aliphatic heterocycles. The van der Waals surface area contributed by atoms with Gasteiger partial charge in [-0.25, -0.2) is 4.68 Å². The fraction of sp³-hybridized carbons (Fsp3) is 0.150. The second-order valence-electron chi connectivity index (χ2n) is 6.26. The van der Waals surface area contributed by atoms with Crippen LogP contribution < -0.4 is 5.32 Å². The molecule has 0 radical (unpaired) electrons. The van der Waals surface area contributed by atoms with Crippen molar-refractivity contribution in [2.45, 2.75) is 12.8 Å². The van der Waals surface area contributed by atoms with Gasteiger partial charge in [-0.1, -0.05) is 18.2 Å². The van der Waals surface area contributed by atoms with Gasteiger partial charge in [-0.15, -0.1) is 0 Å². The molecule has 9 nitrogen and oxygen atoms in total. The molecular weight excluding hydrogens is 395 g/mol. The van der Waals surface area contributed by atoms with Crippen LogP contribution in [0, 0.1) is 15.9 Å². The fourth-order valence-corrected chi connectivity index (χ4v) is 2.60. The Bertz CT molecular complexity index is 1070. The van der Waals surface area contributed by atoms with Gasteiger partial charge in [0.15, 0.2) is 6.61 Å². The third kappa shape index (κ3) is 5.47. The zero-order chi connectivity index (χ0) is 21.5. The van der Waals surface area contributed by atoms with Gasteiger partial charge in [0.25, 0.3) is 5.91 Å². The van der Waals surface area contributed by atoms with Crippen LogP contribution in [0.2, 0.25) is 0 Å². The molecule has 1 amide bonds. The van der Waals surface area contributed by atoms with Crippen molar-refractivity contribution in [1.82, 2.24) is 9.78 Å². The monoisotopic (exact) mass is 412 g/mol. The maximum atomic E-state index is 13.3. The highest BCUT2D eigenvalue weighted by molar-refractivity contribution is 5.93. The molecule has 0 saturated heterocycles. The minimum Gasteiger partial charge on any atom is -0.456 e. The number of nitro groups is 1. The quantitative estimate of drug-likeness (QED) is 0.345. The molecule has 0 aliphatic carbocycles. The van der Waals surface area contributed by atoms with E-state index in [-0.39, 0.29) is 12.1 Å². The number of carbonyl (C=O) groups is 2. The second-order valence-corrected chi connectivity index (χ2v) is 6.26. The second kappa shape index (κ2) is 9.41. The van der Waals surface area contributed by atoms with Crippen molar-refractivity contribution < 1.29 is 23.6 Å². The number of para-hydroxylation sites is 1. The van der Waals surface area contributed by atoms with E-state index in [0.29, 0.717) is 6.42 Å². The number of aromatic nitrogens is 2. The zero-order valence-corrected chi connectivity index (χ0v) is 15.7. The summed E-state index contributed by atoms with van der Waals surface area (Å²) < 4.78 is 19.9. The van der Waals surface area contributed by atoms with Crippen molar-refractivity contribution >= 4 is 23.3 Å². The van der Waals surface area contributed by atoms with Crippen LogP contribution >= 0.6 is 0 Å². The number of hydrogen-bond acceptors (Lipinski definition) is 6. The van der Waals surface area contributed by atoms with E-state index in [9.17, 15) is 24.1 Å². The number of anilines is 1. The Labute approximate surface area is 170 Å². The highest BCUT2D eigenvalue weighted by Gasteiger charge is 2.16. The van der Waals surface area contributed by atoms with Crippen LogP contribution in [0.15, 0.2) is 60.9 Å². The molecule has 0 aliphatic rings. The molecule has 3 rings (SSSR count). The van der Waals surface area contributed by atoms with E-state index in [1.807, 2.05) is 30.3 Å². The third-order valence-electron chi connectivity index (χ3n) is 4.07. The third-order valence-corrected chi connectivity index (χ3v) is 4.07. The van der Waals surface area contributed by atoms with Crippen LogP contribution in [0.4, 0.5) is 15.8 Å². The molecule has 0 bridgehead atoms. The first kappa shape index (κ1) is 20.6. The first-order chi connectivity index (χ1) is 14.4. The number of nitrogens with zero attached hydrogens (tertiary/aromatic N) is 3. The van der Waals surface area contributed by atoms with Crippen molar-refractivity contribution in [2.75, 3.05) is 11.9 Å². The predicted octanol–water partition coefficient (Wildman–Crippen LogP) is 3.03. The number of amides is 1. The Morgan fingerprint density at radius 1 is 1.20 bits per heavy atom. The van der Waals surface area contributed by atoms with E-state index in [4.69, 9.17) is 4.74 Å². The van der Waals surface area contributed by atoms with Crippen molar-refractivity contribution in [2.24, 2.45) is 0 Å². The highest BCUT2D eigenvalue weighted by atomic mass is 19.1. The zero-order valence-electron chi connectivity index (χ0n) is 15.7. The van der Waals surface area contributed by atoms with Crippen LogP contribution in [-0.2, 0) is 20.7 Å². The van der Waals surface area contributed by atoms with Crippen LogP contribution in [0.3, 0.4) is 0 Å². The standard InChI is InChI=1S/C20H17FN4O5/c21-17-8-7-15(10-18(17)25(28)29)23-19(26)13-30-20(27)9-6-14-11-22-24(12-14)16-4-2-1-3-5-16/h1-5,7-8,10-12H,6,9,13H2,(H,23,26). The Hall–Kier alpha value is -4.08. The Kier molecular flexibility index (Phi) is 6.48. The summed E-state index contributed by atoms with van der Waals surface area (Å²) in [4.78, 5) is 33.5. The summed E-state index contributed by atoms with van der Waals surface area (Å²) in [5.74, 6) is -2.29. The van der Waals surface area contributed by atoms with Gasteiger partial charge in [0.05, 0.1) is 16.8 Å². The maximum absolute atomic E-state index is 13.3. The van der Waals surface area contributed by atoms with Gasteiger partial charge in [0, 0.05) is 24.4 Å². The van der Waals surface area contributed by atoms with Crippen LogP contribution in [0.5, 0.6) is 0 Å². The molecule has 1 heterocycles. The van der Waals surface area contributed by atoms with E-state index in [2.05, 4.69) is 10.4 Å². The lowest BCUT2D eigenvalue weighted by atomic mass is 10.2. The van der Waals surface area contributed by atoms with Gasteiger partial charge < -0.3 is 10.1 Å². The summed E-state index contributed by atoms with van der Waals surface area (Å²) in [5.41, 5.74) is 0.987. The maximum Gasteiger partial charge on any atom is 0.306 e. The number of aryl methyl sites for hydroxylation is 1. The Balaban J connectivity index is 1.45. The number of nitro benzene ring substituents is 1. The molecular formula is C20H17FN4O5. The molecule has 0 unspecified atom stereocenters. The smallest absolute Gasteiger partial charge is 0.306 e. The lowest BCUT2D eigenvalue weighted by Crippen LogP contribution is -2.21. The molecule has 0 spiro atoms. The van der Waals surface area contributed by atoms with Gasteiger partial charge in [-0.05, 0) is 36.2 Å². The first-order valence-corrected chi connectivity index (χ1v) is 8.91. The lowest BCUT2D eigenvalue weighted by molar-refractivity contribution is -0.387. The summed E-state index contributed by atoms with van der Waals surface area (Å²) in [6, 6.07) is 12.4. The van der Waals surface area contributed by atoms with Gasteiger partial charge in [0.1, 0.15) is 0 Å². The minimum atomic E-state index is -1.01. The van der Waals surface area contributed by atoms with E-state index in [0.717, 1.165) is 23.4 Å². The molecule has 0 atom stereocenters. The van der Waals surface area contributed by atoms with Gasteiger partial charge in [-0.2, -0.15) is 9.49 Å². The SMILES string of the molecule is O=C(COC(=O)CCc1cnn(-c2ccccc2)c1)Nc1ccc(F)c([N+](=O)[O-])c1. The minimum absolute atomic E-state index is 0.0254. The summed E-state index contributed by atoms with van der Waals surface area (Å²) in [6.07, 6.45) is 3.89. The van der Waals surface area contributed by atoms with E-state index in [1.54, 1.807) is 17.1 Å². The molecule has 154 valence electrons. The molecule has 2 aromatic carbocycles. The number of benzene rings is 2.